The van der Waals surface area contributed by atoms with Crippen LogP contribution in [0.4, 0.5) is 4.39 Å². The van der Waals surface area contributed by atoms with Gasteiger partial charge in [0.2, 0.25) is 0 Å². The molecule has 1 atom stereocenters. The van der Waals surface area contributed by atoms with Crippen LogP contribution in [0.3, 0.4) is 0 Å². The van der Waals surface area contributed by atoms with Crippen molar-refractivity contribution in [2.24, 2.45) is 0 Å². The van der Waals surface area contributed by atoms with Crippen molar-refractivity contribution in [1.82, 2.24) is 4.98 Å². The lowest BCUT2D eigenvalue weighted by molar-refractivity contribution is 0.195. The number of hydrogen-bond donors (Lipinski definition) is 1. The van der Waals surface area contributed by atoms with Crippen LogP contribution in [0.15, 0.2) is 23.6 Å². The van der Waals surface area contributed by atoms with Crippen molar-refractivity contribution in [3.63, 3.8) is 0 Å². The van der Waals surface area contributed by atoms with Crippen molar-refractivity contribution in [3.8, 4) is 10.6 Å². The summed E-state index contributed by atoms with van der Waals surface area (Å²) in [6, 6.07) is 4.45. The fourth-order valence-corrected chi connectivity index (χ4v) is 2.32. The van der Waals surface area contributed by atoms with Crippen molar-refractivity contribution in [2.45, 2.75) is 13.0 Å². The topological polar surface area (TPSA) is 33.1 Å². The Bertz CT molecular complexity index is 512. The SMILES string of the molecule is CC(O)c1csc(-c2ccc(F)c(Cl)c2)n1. The Labute approximate surface area is 101 Å². The van der Waals surface area contributed by atoms with Crippen LogP contribution >= 0.6 is 22.9 Å². The van der Waals surface area contributed by atoms with Crippen molar-refractivity contribution in [1.29, 1.82) is 0 Å². The average molecular weight is 258 g/mol. The van der Waals surface area contributed by atoms with Gasteiger partial charge in [0.15, 0.2) is 0 Å². The predicted molar refractivity (Wildman–Crippen MR) is 63.2 cm³/mol. The van der Waals surface area contributed by atoms with E-state index < -0.39 is 11.9 Å². The predicted octanol–water partition coefficient (Wildman–Crippen LogP) is 3.66. The standard InChI is InChI=1S/C11H9ClFNOS/c1-6(15)10-5-16-11(14-10)7-2-3-9(13)8(12)4-7/h2-6,15H,1H3. The summed E-state index contributed by atoms with van der Waals surface area (Å²) >= 11 is 7.08. The summed E-state index contributed by atoms with van der Waals surface area (Å²) in [5.41, 5.74) is 1.36. The van der Waals surface area contributed by atoms with Gasteiger partial charge in [0, 0.05) is 10.9 Å². The molecule has 1 heterocycles. The molecule has 1 aromatic heterocycles. The van der Waals surface area contributed by atoms with Gasteiger partial charge in [0.05, 0.1) is 16.8 Å². The molecule has 0 aliphatic heterocycles. The molecular formula is C11H9ClFNOS. The smallest absolute Gasteiger partial charge is 0.141 e. The van der Waals surface area contributed by atoms with Crippen LogP contribution in [0.1, 0.15) is 18.7 Å². The van der Waals surface area contributed by atoms with Crippen LogP contribution in [0.2, 0.25) is 5.02 Å². The summed E-state index contributed by atoms with van der Waals surface area (Å²) in [5.74, 6) is -0.447. The first-order valence-corrected chi connectivity index (χ1v) is 5.92. The fourth-order valence-electron chi connectivity index (χ4n) is 1.24. The van der Waals surface area contributed by atoms with E-state index in [9.17, 15) is 9.50 Å². The van der Waals surface area contributed by atoms with Crippen LogP contribution in [0, 0.1) is 5.82 Å². The molecule has 0 spiro atoms. The van der Waals surface area contributed by atoms with Crippen molar-refractivity contribution >= 4 is 22.9 Å². The molecule has 1 aromatic carbocycles. The average Bonchev–Trinajstić information content (AvgIpc) is 2.71. The minimum Gasteiger partial charge on any atom is -0.387 e. The van der Waals surface area contributed by atoms with Crippen LogP contribution in [0.5, 0.6) is 0 Å². The van der Waals surface area contributed by atoms with Crippen molar-refractivity contribution in [2.75, 3.05) is 0 Å². The molecule has 0 aliphatic carbocycles. The maximum atomic E-state index is 13.0. The first-order valence-electron chi connectivity index (χ1n) is 4.67. The first-order chi connectivity index (χ1) is 7.58. The maximum absolute atomic E-state index is 13.0. The Kier molecular flexibility index (Phi) is 3.23. The third kappa shape index (κ3) is 2.24. The highest BCUT2D eigenvalue weighted by atomic mass is 35.5. The highest BCUT2D eigenvalue weighted by Gasteiger charge is 2.10. The molecule has 0 fully saturated rings. The zero-order valence-electron chi connectivity index (χ0n) is 8.45. The van der Waals surface area contributed by atoms with E-state index in [-0.39, 0.29) is 5.02 Å². The normalized spacial score (nSPS) is 12.8. The summed E-state index contributed by atoms with van der Waals surface area (Å²) in [4.78, 5) is 4.24. The molecule has 16 heavy (non-hydrogen) atoms. The van der Waals surface area contributed by atoms with Crippen molar-refractivity contribution in [3.05, 3.63) is 40.1 Å². The molecule has 2 rings (SSSR count). The Hall–Kier alpha value is -0.970. The van der Waals surface area contributed by atoms with Gasteiger partial charge in [-0.2, -0.15) is 0 Å². The maximum Gasteiger partial charge on any atom is 0.141 e. The molecule has 1 N–H and O–H groups in total. The van der Waals surface area contributed by atoms with Gasteiger partial charge < -0.3 is 5.11 Å². The highest BCUT2D eigenvalue weighted by Crippen LogP contribution is 2.28. The number of aliphatic hydroxyl groups excluding tert-OH is 1. The Balaban J connectivity index is 2.39. The van der Waals surface area contributed by atoms with E-state index >= 15 is 0 Å². The summed E-state index contributed by atoms with van der Waals surface area (Å²) < 4.78 is 13.0. The summed E-state index contributed by atoms with van der Waals surface area (Å²) in [7, 11) is 0. The third-order valence-corrected chi connectivity index (χ3v) is 3.32. The molecule has 0 aliphatic rings. The number of aliphatic hydroxyl groups is 1. The number of benzene rings is 1. The Morgan fingerprint density at radius 1 is 1.50 bits per heavy atom. The van der Waals surface area contributed by atoms with E-state index in [0.29, 0.717) is 5.69 Å². The lowest BCUT2D eigenvalue weighted by atomic mass is 10.2. The lowest BCUT2D eigenvalue weighted by Gasteiger charge is -1.99. The number of rotatable bonds is 2. The Morgan fingerprint density at radius 2 is 2.25 bits per heavy atom. The zero-order chi connectivity index (χ0) is 11.7. The van der Waals surface area contributed by atoms with Crippen LogP contribution in [0.25, 0.3) is 10.6 Å². The monoisotopic (exact) mass is 257 g/mol. The number of hydrogen-bond acceptors (Lipinski definition) is 3. The van der Waals surface area contributed by atoms with E-state index in [1.807, 2.05) is 0 Å². The van der Waals surface area contributed by atoms with Gasteiger partial charge in [0.1, 0.15) is 10.8 Å². The molecule has 0 amide bonds. The van der Waals surface area contributed by atoms with E-state index in [1.165, 1.54) is 23.5 Å². The number of aromatic nitrogens is 1. The first kappa shape index (κ1) is 11.5. The second kappa shape index (κ2) is 4.49. The molecule has 0 saturated carbocycles. The van der Waals surface area contributed by atoms with E-state index in [2.05, 4.69) is 4.98 Å². The van der Waals surface area contributed by atoms with Gasteiger partial charge >= 0.3 is 0 Å². The Morgan fingerprint density at radius 3 is 2.81 bits per heavy atom. The second-order valence-electron chi connectivity index (χ2n) is 3.38. The second-order valence-corrected chi connectivity index (χ2v) is 4.65. The minimum atomic E-state index is -0.596. The van der Waals surface area contributed by atoms with Gasteiger partial charge in [-0.25, -0.2) is 9.37 Å². The van der Waals surface area contributed by atoms with Gasteiger partial charge in [0.25, 0.3) is 0 Å². The molecule has 0 bridgehead atoms. The number of halogens is 2. The van der Waals surface area contributed by atoms with Crippen LogP contribution in [-0.4, -0.2) is 10.1 Å². The molecule has 84 valence electrons. The summed E-state index contributed by atoms with van der Waals surface area (Å²) in [6.07, 6.45) is -0.596. The quantitative estimate of drug-likeness (QED) is 0.891. The lowest BCUT2D eigenvalue weighted by Crippen LogP contribution is -1.90. The highest BCUT2D eigenvalue weighted by molar-refractivity contribution is 7.13. The molecule has 5 heteroatoms. The third-order valence-electron chi connectivity index (χ3n) is 2.12. The summed E-state index contributed by atoms with van der Waals surface area (Å²) in [6.45, 7) is 1.65. The summed E-state index contributed by atoms with van der Waals surface area (Å²) in [5, 5.41) is 11.9. The largest absolute Gasteiger partial charge is 0.387 e. The van der Waals surface area contributed by atoms with E-state index in [4.69, 9.17) is 11.6 Å². The van der Waals surface area contributed by atoms with E-state index in [1.54, 1.807) is 18.4 Å². The molecule has 2 aromatic rings. The minimum absolute atomic E-state index is 0.0753. The van der Waals surface area contributed by atoms with Crippen LogP contribution < -0.4 is 0 Å². The van der Waals surface area contributed by atoms with Gasteiger partial charge in [-0.3, -0.25) is 0 Å². The van der Waals surface area contributed by atoms with Crippen molar-refractivity contribution < 1.29 is 9.50 Å². The fraction of sp³-hybridized carbons (Fsp3) is 0.182. The van der Waals surface area contributed by atoms with E-state index in [0.717, 1.165) is 10.6 Å². The molecular weight excluding hydrogens is 249 g/mol. The number of nitrogens with zero attached hydrogens (tertiary/aromatic N) is 1. The van der Waals surface area contributed by atoms with Gasteiger partial charge in [-0.1, -0.05) is 11.6 Å². The molecule has 2 nitrogen and oxygen atoms in total. The number of thiazole rings is 1. The molecule has 1 unspecified atom stereocenters. The molecule has 0 radical (unpaired) electrons. The zero-order valence-corrected chi connectivity index (χ0v) is 10.0. The van der Waals surface area contributed by atoms with Crippen LogP contribution in [-0.2, 0) is 0 Å². The molecule has 0 saturated heterocycles. The van der Waals surface area contributed by atoms with Gasteiger partial charge in [-0.15, -0.1) is 11.3 Å². The van der Waals surface area contributed by atoms with Gasteiger partial charge in [-0.05, 0) is 25.1 Å².